The van der Waals surface area contributed by atoms with Crippen molar-refractivity contribution >= 4 is 33.9 Å². The second-order valence-corrected chi connectivity index (χ2v) is 8.90. The van der Waals surface area contributed by atoms with E-state index in [4.69, 9.17) is 9.72 Å². The van der Waals surface area contributed by atoms with E-state index in [0.717, 1.165) is 27.6 Å². The van der Waals surface area contributed by atoms with Gasteiger partial charge in [-0.3, -0.25) is 8.97 Å². The minimum Gasteiger partial charge on any atom is -0.378 e. The molecule has 0 radical (unpaired) electrons. The Kier molecular flexibility index (Phi) is 5.58. The van der Waals surface area contributed by atoms with E-state index in [-0.39, 0.29) is 0 Å². The molecule has 1 saturated heterocycles. The molecule has 9 heteroatoms. The predicted molar refractivity (Wildman–Crippen MR) is 136 cm³/mol. The number of anilines is 1. The minimum absolute atomic E-state index is 0.408. The maximum atomic E-state index is 10.3. The van der Waals surface area contributed by atoms with Gasteiger partial charge in [-0.1, -0.05) is 48.5 Å². The topological polar surface area (TPSA) is 84.3 Å². The third kappa shape index (κ3) is 3.89. The summed E-state index contributed by atoms with van der Waals surface area (Å²) in [6.45, 7) is 2.69. The van der Waals surface area contributed by atoms with Crippen molar-refractivity contribution in [2.45, 2.75) is 0 Å². The predicted octanol–water partition coefficient (Wildman–Crippen LogP) is 4.54. The molecule has 3 aromatic heterocycles. The van der Waals surface area contributed by atoms with Crippen LogP contribution in [0.5, 0.6) is 0 Å². The quantitative estimate of drug-likeness (QED) is 0.344. The zero-order chi connectivity index (χ0) is 23.6. The van der Waals surface area contributed by atoms with Crippen LogP contribution < -0.4 is 4.90 Å². The van der Waals surface area contributed by atoms with Crippen molar-refractivity contribution in [1.29, 1.82) is 5.26 Å². The molecular weight excluding hydrogens is 458 g/mol. The monoisotopic (exact) mass is 479 g/mol. The van der Waals surface area contributed by atoms with Crippen LogP contribution in [0.3, 0.4) is 0 Å². The molecule has 0 amide bonds. The Morgan fingerprint density at radius 1 is 1.00 bits per heavy atom. The lowest BCUT2D eigenvalue weighted by Crippen LogP contribution is -2.38. The van der Waals surface area contributed by atoms with Gasteiger partial charge in [0.05, 0.1) is 35.9 Å². The summed E-state index contributed by atoms with van der Waals surface area (Å²) in [6.07, 6.45) is 3.84. The molecule has 35 heavy (non-hydrogen) atoms. The number of nitriles is 1. The summed E-state index contributed by atoms with van der Waals surface area (Å²) in [5.41, 5.74) is 3.95. The number of ether oxygens (including phenoxy) is 1. The Morgan fingerprint density at radius 2 is 1.74 bits per heavy atom. The molecule has 1 aliphatic rings. The van der Waals surface area contributed by atoms with Gasteiger partial charge in [0.2, 0.25) is 5.95 Å². The van der Waals surface area contributed by atoms with Crippen LogP contribution in [-0.2, 0) is 4.74 Å². The van der Waals surface area contributed by atoms with E-state index >= 15 is 0 Å². The third-order valence-electron chi connectivity index (χ3n) is 5.94. The van der Waals surface area contributed by atoms with Gasteiger partial charge in [-0.05, 0) is 18.2 Å². The van der Waals surface area contributed by atoms with Crippen molar-refractivity contribution in [2.24, 2.45) is 0 Å². The first-order valence-corrected chi connectivity index (χ1v) is 12.2. The molecule has 1 fully saturated rings. The lowest BCUT2D eigenvalue weighted by atomic mass is 10.1. The van der Waals surface area contributed by atoms with E-state index in [2.05, 4.69) is 21.2 Å². The molecule has 172 valence electrons. The number of thiazole rings is 1. The van der Waals surface area contributed by atoms with Gasteiger partial charge in [0.1, 0.15) is 6.07 Å². The van der Waals surface area contributed by atoms with Gasteiger partial charge in [-0.2, -0.15) is 5.26 Å². The summed E-state index contributed by atoms with van der Waals surface area (Å²) < 4.78 is 9.49. The van der Waals surface area contributed by atoms with Gasteiger partial charge in [0, 0.05) is 30.2 Å². The number of nitrogens with zero attached hydrogens (tertiary/aromatic N) is 7. The summed E-state index contributed by atoms with van der Waals surface area (Å²) in [4.78, 5) is 7.86. The van der Waals surface area contributed by atoms with Crippen LogP contribution in [0.2, 0.25) is 0 Å². The lowest BCUT2D eigenvalue weighted by molar-refractivity contribution is 0.122. The number of hydrogen-bond acceptors (Lipinski definition) is 7. The van der Waals surface area contributed by atoms with Crippen molar-refractivity contribution in [3.8, 4) is 23.0 Å². The van der Waals surface area contributed by atoms with Crippen LogP contribution in [-0.4, -0.2) is 50.5 Å². The lowest BCUT2D eigenvalue weighted by Gasteiger charge is -2.28. The number of allylic oxidation sites excluding steroid dienone is 1. The number of morpholine rings is 1. The smallest absolute Gasteiger partial charge is 0.232 e. The summed E-state index contributed by atoms with van der Waals surface area (Å²) in [5.74, 6) is 1.19. The van der Waals surface area contributed by atoms with Crippen molar-refractivity contribution < 1.29 is 4.74 Å². The molecule has 0 saturated carbocycles. The first kappa shape index (κ1) is 21.3. The number of para-hydroxylation sites is 1. The van der Waals surface area contributed by atoms with Crippen molar-refractivity contribution in [3.63, 3.8) is 0 Å². The summed E-state index contributed by atoms with van der Waals surface area (Å²) >= 11 is 1.56. The molecule has 0 unspecified atom stereocenters. The molecule has 0 spiro atoms. The Morgan fingerprint density at radius 3 is 2.49 bits per heavy atom. The maximum Gasteiger partial charge on any atom is 0.232 e. The SMILES string of the molecule is N#C/C(=C\c1c(-c2ccccc2)nc2sccn12)c1nnc(N2CCOCC2)n1-c1ccccc1. The molecule has 0 aliphatic carbocycles. The molecule has 0 N–H and O–H groups in total. The van der Waals surface area contributed by atoms with Crippen molar-refractivity contribution in [3.05, 3.63) is 83.8 Å². The van der Waals surface area contributed by atoms with Gasteiger partial charge in [-0.15, -0.1) is 21.5 Å². The molecule has 0 atom stereocenters. The van der Waals surface area contributed by atoms with Gasteiger partial charge in [-0.25, -0.2) is 4.98 Å². The number of aromatic nitrogens is 5. The molecule has 1 aliphatic heterocycles. The average Bonchev–Trinajstić information content (AvgIpc) is 3.64. The molecule has 2 aromatic carbocycles. The van der Waals surface area contributed by atoms with Gasteiger partial charge < -0.3 is 9.64 Å². The second-order valence-electron chi connectivity index (χ2n) is 8.03. The fourth-order valence-corrected chi connectivity index (χ4v) is 4.99. The minimum atomic E-state index is 0.408. The van der Waals surface area contributed by atoms with Crippen LogP contribution in [0.4, 0.5) is 5.95 Å². The van der Waals surface area contributed by atoms with E-state index in [1.807, 2.05) is 87.3 Å². The highest BCUT2D eigenvalue weighted by molar-refractivity contribution is 7.15. The average molecular weight is 480 g/mol. The highest BCUT2D eigenvalue weighted by Gasteiger charge is 2.24. The van der Waals surface area contributed by atoms with Crippen LogP contribution in [0.25, 0.3) is 33.6 Å². The van der Waals surface area contributed by atoms with E-state index in [1.165, 1.54) is 0 Å². The van der Waals surface area contributed by atoms with Crippen LogP contribution in [0.15, 0.2) is 72.2 Å². The third-order valence-corrected chi connectivity index (χ3v) is 6.70. The first-order chi connectivity index (χ1) is 17.3. The highest BCUT2D eigenvalue weighted by Crippen LogP contribution is 2.31. The number of imidazole rings is 1. The zero-order valence-corrected chi connectivity index (χ0v) is 19.6. The van der Waals surface area contributed by atoms with Crippen molar-refractivity contribution in [2.75, 3.05) is 31.2 Å². The van der Waals surface area contributed by atoms with Crippen LogP contribution in [0, 0.1) is 11.3 Å². The fraction of sp³-hybridized carbons (Fsp3) is 0.154. The fourth-order valence-electron chi connectivity index (χ4n) is 4.27. The van der Waals surface area contributed by atoms with Gasteiger partial charge in [0.25, 0.3) is 0 Å². The molecule has 6 rings (SSSR count). The van der Waals surface area contributed by atoms with Crippen molar-refractivity contribution in [1.82, 2.24) is 24.1 Å². The zero-order valence-electron chi connectivity index (χ0n) is 18.8. The largest absolute Gasteiger partial charge is 0.378 e. The van der Waals surface area contributed by atoms with Crippen LogP contribution in [0.1, 0.15) is 11.5 Å². The Labute approximate surface area is 206 Å². The number of rotatable bonds is 5. The summed E-state index contributed by atoms with van der Waals surface area (Å²) in [6, 6.07) is 22.3. The second kappa shape index (κ2) is 9.18. The van der Waals surface area contributed by atoms with Crippen LogP contribution >= 0.6 is 11.3 Å². The van der Waals surface area contributed by atoms with Gasteiger partial charge in [0.15, 0.2) is 10.8 Å². The molecular formula is C26H21N7OS. The van der Waals surface area contributed by atoms with E-state index in [0.29, 0.717) is 43.6 Å². The van der Waals surface area contributed by atoms with E-state index in [9.17, 15) is 5.26 Å². The molecule has 5 aromatic rings. The molecule has 8 nitrogen and oxygen atoms in total. The van der Waals surface area contributed by atoms with E-state index < -0.39 is 0 Å². The highest BCUT2D eigenvalue weighted by atomic mass is 32.1. The molecule has 4 heterocycles. The summed E-state index contributed by atoms with van der Waals surface area (Å²) in [7, 11) is 0. The Bertz CT molecular complexity index is 1540. The van der Waals surface area contributed by atoms with Gasteiger partial charge >= 0.3 is 0 Å². The standard InChI is InChI=1S/C26H21N7OS/c27-18-20(17-22-23(19-7-3-1-4-8-19)28-26-32(22)13-16-35-26)24-29-30-25(31-11-14-34-15-12-31)33(24)21-9-5-2-6-10-21/h1-10,13,16-17H,11-12,14-15H2/b20-17+. The normalized spacial score (nSPS) is 14.4. The number of hydrogen-bond donors (Lipinski definition) is 0. The number of fused-ring (bicyclic) bond motifs is 1. The van der Waals surface area contributed by atoms with E-state index in [1.54, 1.807) is 11.3 Å². The first-order valence-electron chi connectivity index (χ1n) is 11.3. The Balaban J connectivity index is 1.54. The maximum absolute atomic E-state index is 10.3. The summed E-state index contributed by atoms with van der Waals surface area (Å²) in [5, 5.41) is 21.3. The number of benzene rings is 2. The molecule has 0 bridgehead atoms. The Hall–Kier alpha value is -4.26.